The van der Waals surface area contributed by atoms with E-state index in [0.29, 0.717) is 5.11 Å². The molecule has 0 aliphatic rings. The number of thiocarbonyl (C=S) groups is 1. The van der Waals surface area contributed by atoms with Crippen LogP contribution in [0.25, 0.3) is 0 Å². The van der Waals surface area contributed by atoms with E-state index in [-0.39, 0.29) is 0 Å². The molecule has 13 heavy (non-hydrogen) atoms. The molecule has 1 heterocycles. The summed E-state index contributed by atoms with van der Waals surface area (Å²) in [7, 11) is 0. The molecule has 0 radical (unpaired) electrons. The lowest BCUT2D eigenvalue weighted by atomic mass is 10.5. The van der Waals surface area contributed by atoms with Gasteiger partial charge in [0.25, 0.3) is 0 Å². The highest BCUT2D eigenvalue weighted by Crippen LogP contribution is 2.21. The molecule has 0 aliphatic heterocycles. The fourth-order valence-corrected chi connectivity index (χ4v) is 2.48. The van der Waals surface area contributed by atoms with Gasteiger partial charge >= 0.3 is 0 Å². The van der Waals surface area contributed by atoms with Gasteiger partial charge in [0, 0.05) is 15.9 Å². The van der Waals surface area contributed by atoms with E-state index in [0.717, 1.165) is 17.6 Å². The zero-order valence-corrected chi connectivity index (χ0v) is 10.5. The van der Waals surface area contributed by atoms with E-state index < -0.39 is 0 Å². The number of hydrogen-bond donors (Lipinski definition) is 2. The van der Waals surface area contributed by atoms with Gasteiger partial charge in [-0.25, -0.2) is 0 Å². The fourth-order valence-electron chi connectivity index (χ4n) is 0.835. The predicted octanol–water partition coefficient (Wildman–Crippen LogP) is 2.49. The van der Waals surface area contributed by atoms with Crippen LogP contribution in [-0.2, 0) is 6.54 Å². The number of halogens is 1. The van der Waals surface area contributed by atoms with Crippen LogP contribution in [0.5, 0.6) is 0 Å². The van der Waals surface area contributed by atoms with Crippen LogP contribution in [-0.4, -0.2) is 11.7 Å². The third-order valence-corrected chi connectivity index (χ3v) is 3.65. The Kier molecular flexibility index (Phi) is 4.69. The smallest absolute Gasteiger partial charge is 0.166 e. The van der Waals surface area contributed by atoms with Crippen LogP contribution in [0, 0.1) is 0 Å². The Morgan fingerprint density at radius 1 is 1.62 bits per heavy atom. The highest BCUT2D eigenvalue weighted by atomic mass is 79.9. The van der Waals surface area contributed by atoms with Gasteiger partial charge in [-0.2, -0.15) is 0 Å². The molecule has 1 rings (SSSR count). The maximum Gasteiger partial charge on any atom is 0.166 e. The van der Waals surface area contributed by atoms with Gasteiger partial charge < -0.3 is 10.6 Å². The summed E-state index contributed by atoms with van der Waals surface area (Å²) >= 11 is 10.2. The lowest BCUT2D eigenvalue weighted by molar-refractivity contribution is 0.862. The maximum atomic E-state index is 5.04. The second-order valence-electron chi connectivity index (χ2n) is 2.40. The first kappa shape index (κ1) is 10.9. The van der Waals surface area contributed by atoms with Crippen LogP contribution in [0.15, 0.2) is 15.9 Å². The minimum absolute atomic E-state index is 0.711. The molecule has 2 N–H and O–H groups in total. The largest absolute Gasteiger partial charge is 0.363 e. The molecule has 0 atom stereocenters. The summed E-state index contributed by atoms with van der Waals surface area (Å²) in [6.07, 6.45) is 0. The average Bonchev–Trinajstić information content (AvgIpc) is 2.48. The Morgan fingerprint density at radius 2 is 2.38 bits per heavy atom. The van der Waals surface area contributed by atoms with Crippen molar-refractivity contribution in [2.75, 3.05) is 6.54 Å². The first-order valence-electron chi connectivity index (χ1n) is 3.97. The van der Waals surface area contributed by atoms with E-state index in [4.69, 9.17) is 12.2 Å². The molecule has 0 aromatic carbocycles. The standard InChI is InChI=1S/C8H11BrN2S2/c1-2-10-8(12)11-5-7-6(9)3-4-13-7/h3-4H,2,5H2,1H3,(H2,10,11,12). The Bertz CT molecular complexity index is 285. The molecular formula is C8H11BrN2S2. The van der Waals surface area contributed by atoms with Crippen molar-refractivity contribution in [2.24, 2.45) is 0 Å². The highest BCUT2D eigenvalue weighted by molar-refractivity contribution is 9.10. The molecule has 0 bridgehead atoms. The molecule has 2 nitrogen and oxygen atoms in total. The van der Waals surface area contributed by atoms with Crippen molar-refractivity contribution in [3.63, 3.8) is 0 Å². The lowest BCUT2D eigenvalue weighted by Gasteiger charge is -2.07. The molecule has 5 heteroatoms. The van der Waals surface area contributed by atoms with Gasteiger partial charge in [0.1, 0.15) is 0 Å². The van der Waals surface area contributed by atoms with Crippen LogP contribution in [0.4, 0.5) is 0 Å². The van der Waals surface area contributed by atoms with Gasteiger partial charge in [-0.1, -0.05) is 0 Å². The van der Waals surface area contributed by atoms with E-state index >= 15 is 0 Å². The SMILES string of the molecule is CCNC(=S)NCc1sccc1Br. The Balaban J connectivity index is 2.35. The van der Waals surface area contributed by atoms with Crippen molar-refractivity contribution < 1.29 is 0 Å². The van der Waals surface area contributed by atoms with Crippen molar-refractivity contribution in [3.05, 3.63) is 20.8 Å². The van der Waals surface area contributed by atoms with E-state index in [9.17, 15) is 0 Å². The Labute approximate surface area is 95.9 Å². The van der Waals surface area contributed by atoms with Crippen molar-refractivity contribution in [3.8, 4) is 0 Å². The van der Waals surface area contributed by atoms with Crippen LogP contribution in [0.3, 0.4) is 0 Å². The van der Waals surface area contributed by atoms with E-state index in [1.165, 1.54) is 4.88 Å². The Hall–Kier alpha value is -0.130. The second kappa shape index (κ2) is 5.57. The molecule has 0 amide bonds. The monoisotopic (exact) mass is 278 g/mol. The summed E-state index contributed by atoms with van der Waals surface area (Å²) in [4.78, 5) is 1.26. The van der Waals surface area contributed by atoms with Gasteiger partial charge in [0.2, 0.25) is 0 Å². The zero-order chi connectivity index (χ0) is 9.68. The first-order chi connectivity index (χ1) is 6.24. The molecule has 0 saturated heterocycles. The van der Waals surface area contributed by atoms with Gasteiger partial charge in [0.15, 0.2) is 5.11 Å². The van der Waals surface area contributed by atoms with Crippen LogP contribution < -0.4 is 10.6 Å². The summed E-state index contributed by atoms with van der Waals surface area (Å²) in [5, 5.41) is 8.93. The summed E-state index contributed by atoms with van der Waals surface area (Å²) in [5.41, 5.74) is 0. The zero-order valence-electron chi connectivity index (χ0n) is 7.26. The maximum absolute atomic E-state index is 5.04. The lowest BCUT2D eigenvalue weighted by Crippen LogP contribution is -2.34. The third kappa shape index (κ3) is 3.62. The molecule has 0 spiro atoms. The van der Waals surface area contributed by atoms with E-state index in [1.807, 2.05) is 13.0 Å². The molecule has 0 fully saturated rings. The fraction of sp³-hybridized carbons (Fsp3) is 0.375. The van der Waals surface area contributed by atoms with Gasteiger partial charge in [-0.15, -0.1) is 11.3 Å². The van der Waals surface area contributed by atoms with Gasteiger partial charge in [0.05, 0.1) is 6.54 Å². The topological polar surface area (TPSA) is 24.1 Å². The quantitative estimate of drug-likeness (QED) is 0.831. The minimum Gasteiger partial charge on any atom is -0.363 e. The molecule has 0 aliphatic carbocycles. The predicted molar refractivity (Wildman–Crippen MR) is 65.1 cm³/mol. The number of nitrogens with one attached hydrogen (secondary N) is 2. The van der Waals surface area contributed by atoms with Crippen molar-refractivity contribution in [2.45, 2.75) is 13.5 Å². The third-order valence-electron chi connectivity index (χ3n) is 1.44. The van der Waals surface area contributed by atoms with Crippen molar-refractivity contribution in [1.82, 2.24) is 10.6 Å². The number of hydrogen-bond acceptors (Lipinski definition) is 2. The normalized spacial score (nSPS) is 9.69. The molecule has 1 aromatic rings. The molecular weight excluding hydrogens is 268 g/mol. The second-order valence-corrected chi connectivity index (χ2v) is 4.67. The van der Waals surface area contributed by atoms with Crippen molar-refractivity contribution in [1.29, 1.82) is 0 Å². The van der Waals surface area contributed by atoms with Crippen LogP contribution in [0.1, 0.15) is 11.8 Å². The summed E-state index contributed by atoms with van der Waals surface area (Å²) in [6.45, 7) is 3.66. The van der Waals surface area contributed by atoms with Gasteiger partial charge in [-0.3, -0.25) is 0 Å². The van der Waals surface area contributed by atoms with E-state index in [2.05, 4.69) is 31.9 Å². The summed E-state index contributed by atoms with van der Waals surface area (Å²) < 4.78 is 1.14. The minimum atomic E-state index is 0.711. The summed E-state index contributed by atoms with van der Waals surface area (Å²) in [6, 6.07) is 2.04. The van der Waals surface area contributed by atoms with Crippen LogP contribution in [0.2, 0.25) is 0 Å². The van der Waals surface area contributed by atoms with E-state index in [1.54, 1.807) is 11.3 Å². The first-order valence-corrected chi connectivity index (χ1v) is 6.05. The highest BCUT2D eigenvalue weighted by Gasteiger charge is 2.00. The molecule has 1 aromatic heterocycles. The summed E-state index contributed by atoms with van der Waals surface area (Å²) in [5.74, 6) is 0. The number of thiophene rings is 1. The average molecular weight is 279 g/mol. The van der Waals surface area contributed by atoms with Crippen molar-refractivity contribution >= 4 is 44.6 Å². The van der Waals surface area contributed by atoms with Crippen LogP contribution >= 0.6 is 39.5 Å². The Morgan fingerprint density at radius 3 is 2.92 bits per heavy atom. The molecule has 72 valence electrons. The molecule has 0 saturated carbocycles. The van der Waals surface area contributed by atoms with Gasteiger partial charge in [-0.05, 0) is 46.5 Å². The number of rotatable bonds is 3. The molecule has 0 unspecified atom stereocenters.